The molecule has 0 aromatic heterocycles. The topological polar surface area (TPSA) is 96.6 Å². The summed E-state index contributed by atoms with van der Waals surface area (Å²) in [6.45, 7) is 11.5. The van der Waals surface area contributed by atoms with E-state index in [1.165, 1.54) is 0 Å². The summed E-state index contributed by atoms with van der Waals surface area (Å²) in [4.78, 5) is 11.7. The summed E-state index contributed by atoms with van der Waals surface area (Å²) in [6.07, 6.45) is -0.186. The van der Waals surface area contributed by atoms with Crippen molar-refractivity contribution in [3.05, 3.63) is 0 Å². The number of carbonyl (C=O) groups is 1. The third-order valence-corrected chi connectivity index (χ3v) is 2.80. The molecule has 6 nitrogen and oxygen atoms in total. The lowest BCUT2D eigenvalue weighted by molar-refractivity contribution is 0.0496. The Kier molecular flexibility index (Phi) is 8.08. The van der Waals surface area contributed by atoms with Gasteiger partial charge in [0.05, 0.1) is 6.10 Å². The van der Waals surface area contributed by atoms with Gasteiger partial charge in [-0.1, -0.05) is 0 Å². The first kappa shape index (κ1) is 19.1. The number of carbonyl (C=O) groups excluding carboxylic acids is 1. The lowest BCUT2D eigenvalue weighted by Gasteiger charge is -2.29. The molecule has 0 aliphatic rings. The minimum Gasteiger partial charge on any atom is -0.444 e. The molecule has 0 heterocycles. The fourth-order valence-electron chi connectivity index (χ4n) is 1.96. The normalized spacial score (nSPS) is 18.0. The summed E-state index contributed by atoms with van der Waals surface area (Å²) in [7, 11) is 0. The number of nitrogens with one attached hydrogen (secondary N) is 2. The van der Waals surface area contributed by atoms with Crippen LogP contribution in [0.1, 0.15) is 48.0 Å². The predicted octanol–water partition coefficient (Wildman–Crippen LogP) is 0.976. The van der Waals surface area contributed by atoms with Crippen molar-refractivity contribution < 1.29 is 14.6 Å². The fourth-order valence-corrected chi connectivity index (χ4v) is 1.96. The smallest absolute Gasteiger partial charge is 0.407 e. The predicted molar refractivity (Wildman–Crippen MR) is 80.6 cm³/mol. The number of ether oxygens (including phenoxy) is 1. The van der Waals surface area contributed by atoms with Crippen molar-refractivity contribution >= 4 is 6.09 Å². The molecule has 0 bridgehead atoms. The van der Waals surface area contributed by atoms with E-state index in [0.29, 0.717) is 13.0 Å². The van der Waals surface area contributed by atoms with Gasteiger partial charge in [-0.25, -0.2) is 4.79 Å². The standard InChI is InChI=1S/C14H31N3O3/c1-9(7-10(2)18)16-12(8-15)11(3)17-13(19)20-14(4,5)6/h9-12,16,18H,7-8,15H2,1-6H3,(H,17,19). The number of aliphatic hydroxyl groups is 1. The molecule has 4 atom stereocenters. The van der Waals surface area contributed by atoms with Crippen LogP contribution in [-0.2, 0) is 4.74 Å². The molecule has 20 heavy (non-hydrogen) atoms. The molecule has 120 valence electrons. The van der Waals surface area contributed by atoms with Crippen LogP contribution in [0, 0.1) is 0 Å². The number of hydrogen-bond donors (Lipinski definition) is 4. The second-order valence-corrected chi connectivity index (χ2v) is 6.43. The van der Waals surface area contributed by atoms with Gasteiger partial charge >= 0.3 is 6.09 Å². The van der Waals surface area contributed by atoms with Crippen LogP contribution in [0.25, 0.3) is 0 Å². The van der Waals surface area contributed by atoms with Gasteiger partial charge in [0.15, 0.2) is 0 Å². The van der Waals surface area contributed by atoms with Gasteiger partial charge in [0.2, 0.25) is 0 Å². The quantitative estimate of drug-likeness (QED) is 0.560. The second-order valence-electron chi connectivity index (χ2n) is 6.43. The van der Waals surface area contributed by atoms with E-state index < -0.39 is 11.7 Å². The molecule has 0 saturated heterocycles. The van der Waals surface area contributed by atoms with Crippen molar-refractivity contribution in [2.45, 2.75) is 77.8 Å². The van der Waals surface area contributed by atoms with Crippen molar-refractivity contribution in [2.24, 2.45) is 5.73 Å². The van der Waals surface area contributed by atoms with E-state index >= 15 is 0 Å². The van der Waals surface area contributed by atoms with Crippen molar-refractivity contribution in [1.82, 2.24) is 10.6 Å². The van der Waals surface area contributed by atoms with E-state index in [1.54, 1.807) is 6.92 Å². The van der Waals surface area contributed by atoms with Gasteiger partial charge in [-0.05, 0) is 48.0 Å². The Labute approximate surface area is 122 Å². The zero-order valence-corrected chi connectivity index (χ0v) is 13.6. The fraction of sp³-hybridized carbons (Fsp3) is 0.929. The van der Waals surface area contributed by atoms with Gasteiger partial charge < -0.3 is 26.2 Å². The minimum atomic E-state index is -0.519. The van der Waals surface area contributed by atoms with Gasteiger partial charge in [0, 0.05) is 24.7 Å². The molecule has 0 radical (unpaired) electrons. The van der Waals surface area contributed by atoms with Crippen molar-refractivity contribution in [2.75, 3.05) is 6.54 Å². The molecule has 0 aliphatic carbocycles. The van der Waals surface area contributed by atoms with Gasteiger partial charge in [-0.2, -0.15) is 0 Å². The van der Waals surface area contributed by atoms with Gasteiger partial charge in [0.1, 0.15) is 5.60 Å². The van der Waals surface area contributed by atoms with Crippen molar-refractivity contribution in [3.8, 4) is 0 Å². The summed E-state index contributed by atoms with van der Waals surface area (Å²) in [5.74, 6) is 0. The summed E-state index contributed by atoms with van der Waals surface area (Å²) >= 11 is 0. The van der Waals surface area contributed by atoms with Crippen LogP contribution in [0.2, 0.25) is 0 Å². The lowest BCUT2D eigenvalue weighted by Crippen LogP contribution is -2.55. The van der Waals surface area contributed by atoms with Gasteiger partial charge in [-0.15, -0.1) is 0 Å². The number of rotatable bonds is 7. The Morgan fingerprint density at radius 1 is 1.30 bits per heavy atom. The Hall–Kier alpha value is -0.850. The molecule has 1 amide bonds. The van der Waals surface area contributed by atoms with E-state index in [0.717, 1.165) is 0 Å². The lowest BCUT2D eigenvalue weighted by atomic mass is 10.1. The third-order valence-electron chi connectivity index (χ3n) is 2.80. The summed E-state index contributed by atoms with van der Waals surface area (Å²) in [5.41, 5.74) is 5.22. The van der Waals surface area contributed by atoms with Crippen molar-refractivity contribution in [3.63, 3.8) is 0 Å². The van der Waals surface area contributed by atoms with E-state index in [1.807, 2.05) is 34.6 Å². The Bertz CT molecular complexity index is 290. The minimum absolute atomic E-state index is 0.0729. The molecule has 0 saturated carbocycles. The number of nitrogens with two attached hydrogens (primary N) is 1. The Morgan fingerprint density at radius 2 is 1.85 bits per heavy atom. The number of aliphatic hydroxyl groups excluding tert-OH is 1. The van der Waals surface area contributed by atoms with Crippen LogP contribution in [0.3, 0.4) is 0 Å². The Balaban J connectivity index is 4.33. The molecule has 0 aromatic carbocycles. The molecular weight excluding hydrogens is 258 g/mol. The highest BCUT2D eigenvalue weighted by molar-refractivity contribution is 5.68. The highest BCUT2D eigenvalue weighted by Gasteiger charge is 2.23. The average Bonchev–Trinajstić information content (AvgIpc) is 2.21. The van der Waals surface area contributed by atoms with Gasteiger partial charge in [-0.3, -0.25) is 0 Å². The van der Waals surface area contributed by atoms with Crippen LogP contribution >= 0.6 is 0 Å². The maximum atomic E-state index is 11.7. The van der Waals surface area contributed by atoms with Crippen LogP contribution < -0.4 is 16.4 Å². The van der Waals surface area contributed by atoms with E-state index in [4.69, 9.17) is 10.5 Å². The highest BCUT2D eigenvalue weighted by atomic mass is 16.6. The van der Waals surface area contributed by atoms with Gasteiger partial charge in [0.25, 0.3) is 0 Å². The first-order valence-corrected chi connectivity index (χ1v) is 7.18. The molecule has 0 aliphatic heterocycles. The second kappa shape index (κ2) is 8.44. The zero-order valence-electron chi connectivity index (χ0n) is 13.6. The maximum absolute atomic E-state index is 11.7. The first-order chi connectivity index (χ1) is 9.05. The largest absolute Gasteiger partial charge is 0.444 e. The SMILES string of the molecule is CC(O)CC(C)NC(CN)C(C)NC(=O)OC(C)(C)C. The molecule has 0 rings (SSSR count). The molecule has 0 aromatic rings. The molecule has 0 spiro atoms. The zero-order chi connectivity index (χ0) is 15.9. The van der Waals surface area contributed by atoms with Crippen molar-refractivity contribution in [1.29, 1.82) is 0 Å². The summed E-state index contributed by atoms with van der Waals surface area (Å²) in [5, 5.41) is 15.4. The van der Waals surface area contributed by atoms with E-state index in [2.05, 4.69) is 10.6 Å². The maximum Gasteiger partial charge on any atom is 0.407 e. The van der Waals surface area contributed by atoms with Crippen LogP contribution in [0.15, 0.2) is 0 Å². The number of alkyl carbamates (subject to hydrolysis) is 1. The molecule has 0 fully saturated rings. The van der Waals surface area contributed by atoms with Crippen LogP contribution in [-0.4, -0.2) is 47.6 Å². The third kappa shape index (κ3) is 9.12. The Morgan fingerprint density at radius 3 is 2.25 bits per heavy atom. The van der Waals surface area contributed by atoms with E-state index in [-0.39, 0.29) is 24.2 Å². The number of amides is 1. The summed E-state index contributed by atoms with van der Waals surface area (Å²) < 4.78 is 5.21. The average molecular weight is 289 g/mol. The molecule has 6 heteroatoms. The van der Waals surface area contributed by atoms with E-state index in [9.17, 15) is 9.90 Å². The highest BCUT2D eigenvalue weighted by Crippen LogP contribution is 2.07. The number of hydrogen-bond acceptors (Lipinski definition) is 5. The molecule has 4 unspecified atom stereocenters. The summed E-state index contributed by atoms with van der Waals surface area (Å²) in [6, 6.07) is -0.117. The van der Waals surface area contributed by atoms with Crippen LogP contribution in [0.5, 0.6) is 0 Å². The van der Waals surface area contributed by atoms with Crippen LogP contribution in [0.4, 0.5) is 4.79 Å². The monoisotopic (exact) mass is 289 g/mol. The first-order valence-electron chi connectivity index (χ1n) is 7.18. The molecular formula is C14H31N3O3. The molecule has 5 N–H and O–H groups in total.